The van der Waals surface area contributed by atoms with Crippen LogP contribution in [-0.4, -0.2) is 16.8 Å². The number of carbonyl (C=O) groups excluding carboxylic acids is 2. The summed E-state index contributed by atoms with van der Waals surface area (Å²) in [6.07, 6.45) is 0. The second kappa shape index (κ2) is 8.09. The molecule has 1 atom stereocenters. The molecule has 3 aromatic carbocycles. The molecule has 1 amide bonds. The summed E-state index contributed by atoms with van der Waals surface area (Å²) < 4.78 is 0.843. The van der Waals surface area contributed by atoms with E-state index in [1.807, 2.05) is 31.2 Å². The highest BCUT2D eigenvalue weighted by Gasteiger charge is 2.46. The third kappa shape index (κ3) is 3.66. The first-order valence-corrected chi connectivity index (χ1v) is 10.4. The van der Waals surface area contributed by atoms with Crippen molar-refractivity contribution in [2.45, 2.75) is 13.0 Å². The molecule has 0 saturated carbocycles. The fraction of sp³-hybridized carbons (Fsp3) is 0.0833. The molecular weight excluding hydrogens is 466 g/mol. The topological polar surface area (TPSA) is 57.6 Å². The van der Waals surface area contributed by atoms with E-state index >= 15 is 0 Å². The zero-order chi connectivity index (χ0) is 21.4. The van der Waals surface area contributed by atoms with Crippen LogP contribution in [0.4, 0.5) is 5.69 Å². The normalized spacial score (nSPS) is 18.1. The molecule has 0 aromatic heterocycles. The Morgan fingerprint density at radius 2 is 1.67 bits per heavy atom. The van der Waals surface area contributed by atoms with Gasteiger partial charge in [-0.3, -0.25) is 14.5 Å². The number of aliphatic hydroxyl groups excluding tert-OH is 1. The fourth-order valence-corrected chi connectivity index (χ4v) is 4.01. The van der Waals surface area contributed by atoms with Crippen molar-refractivity contribution in [2.24, 2.45) is 0 Å². The number of amides is 1. The number of hydrogen-bond donors (Lipinski definition) is 1. The molecule has 1 aliphatic rings. The van der Waals surface area contributed by atoms with Crippen LogP contribution in [0.5, 0.6) is 0 Å². The van der Waals surface area contributed by atoms with Gasteiger partial charge >= 0.3 is 0 Å². The molecule has 4 nitrogen and oxygen atoms in total. The number of carbonyl (C=O) groups is 2. The maximum Gasteiger partial charge on any atom is 0.300 e. The van der Waals surface area contributed by atoms with Gasteiger partial charge in [0, 0.05) is 20.7 Å². The van der Waals surface area contributed by atoms with E-state index in [0.717, 1.165) is 15.6 Å². The van der Waals surface area contributed by atoms with Crippen molar-refractivity contribution in [1.29, 1.82) is 0 Å². The van der Waals surface area contributed by atoms with E-state index in [1.165, 1.54) is 4.90 Å². The SMILES string of the molecule is Cc1cccc(C2/C(=C(/O)c3ccc(Br)cc3)C(=O)C(=O)N2c2ccc(Cl)cc2)c1. The van der Waals surface area contributed by atoms with Gasteiger partial charge in [-0.2, -0.15) is 0 Å². The average Bonchev–Trinajstić information content (AvgIpc) is 3.00. The number of halogens is 2. The number of nitrogens with zero attached hydrogens (tertiary/aromatic N) is 1. The molecule has 1 unspecified atom stereocenters. The first-order valence-electron chi connectivity index (χ1n) is 9.26. The van der Waals surface area contributed by atoms with Crippen LogP contribution in [0.2, 0.25) is 5.02 Å². The molecule has 0 radical (unpaired) electrons. The minimum absolute atomic E-state index is 0.0582. The van der Waals surface area contributed by atoms with E-state index in [-0.39, 0.29) is 11.3 Å². The Bertz CT molecular complexity index is 1170. The second-order valence-corrected chi connectivity index (χ2v) is 8.42. The summed E-state index contributed by atoms with van der Waals surface area (Å²) in [6, 6.07) is 20.5. The summed E-state index contributed by atoms with van der Waals surface area (Å²) in [7, 11) is 0. The Kier molecular flexibility index (Phi) is 5.50. The summed E-state index contributed by atoms with van der Waals surface area (Å²) in [4.78, 5) is 27.5. The number of aliphatic hydroxyl groups is 1. The van der Waals surface area contributed by atoms with Crippen molar-refractivity contribution in [2.75, 3.05) is 4.90 Å². The molecule has 0 spiro atoms. The Balaban J connectivity index is 1.95. The first kappa shape index (κ1) is 20.4. The van der Waals surface area contributed by atoms with Crippen LogP contribution < -0.4 is 4.90 Å². The monoisotopic (exact) mass is 481 g/mol. The van der Waals surface area contributed by atoms with Gasteiger partial charge in [-0.05, 0) is 48.9 Å². The van der Waals surface area contributed by atoms with Crippen LogP contribution in [0, 0.1) is 6.92 Å². The smallest absolute Gasteiger partial charge is 0.300 e. The number of anilines is 1. The minimum Gasteiger partial charge on any atom is -0.507 e. The highest BCUT2D eigenvalue weighted by atomic mass is 79.9. The van der Waals surface area contributed by atoms with Crippen molar-refractivity contribution in [1.82, 2.24) is 0 Å². The summed E-state index contributed by atoms with van der Waals surface area (Å²) in [5.74, 6) is -1.62. The molecule has 30 heavy (non-hydrogen) atoms. The molecule has 6 heteroatoms. The third-order valence-corrected chi connectivity index (χ3v) is 5.81. The average molecular weight is 483 g/mol. The Hall–Kier alpha value is -2.89. The molecule has 1 N–H and O–H groups in total. The molecule has 1 saturated heterocycles. The number of hydrogen-bond acceptors (Lipinski definition) is 3. The standard InChI is InChI=1S/C24H17BrClNO3/c1-14-3-2-4-16(13-14)21-20(22(28)15-5-7-17(25)8-6-15)23(29)24(30)27(21)19-11-9-18(26)10-12-19/h2-13,21,28H,1H3/b22-20-. The van der Waals surface area contributed by atoms with Crippen molar-refractivity contribution in [3.63, 3.8) is 0 Å². The number of ketones is 1. The summed E-state index contributed by atoms with van der Waals surface area (Å²) >= 11 is 9.37. The zero-order valence-electron chi connectivity index (χ0n) is 16.0. The minimum atomic E-state index is -0.755. The van der Waals surface area contributed by atoms with Crippen LogP contribution in [0.25, 0.3) is 5.76 Å². The van der Waals surface area contributed by atoms with E-state index in [0.29, 0.717) is 16.3 Å². The van der Waals surface area contributed by atoms with Gasteiger partial charge < -0.3 is 5.11 Å². The van der Waals surface area contributed by atoms with Crippen LogP contribution in [0.3, 0.4) is 0 Å². The predicted octanol–water partition coefficient (Wildman–Crippen LogP) is 6.04. The molecule has 1 heterocycles. The van der Waals surface area contributed by atoms with Crippen molar-refractivity contribution >= 4 is 50.7 Å². The van der Waals surface area contributed by atoms with Gasteiger partial charge in [-0.1, -0.05) is 69.5 Å². The van der Waals surface area contributed by atoms with E-state index in [4.69, 9.17) is 11.6 Å². The summed E-state index contributed by atoms with van der Waals surface area (Å²) in [6.45, 7) is 1.94. The van der Waals surface area contributed by atoms with E-state index in [2.05, 4.69) is 15.9 Å². The van der Waals surface area contributed by atoms with E-state index in [1.54, 1.807) is 48.5 Å². The predicted molar refractivity (Wildman–Crippen MR) is 122 cm³/mol. The maximum atomic E-state index is 13.1. The van der Waals surface area contributed by atoms with Crippen molar-refractivity contribution < 1.29 is 14.7 Å². The fourth-order valence-electron chi connectivity index (χ4n) is 3.62. The molecular formula is C24H17BrClNO3. The van der Waals surface area contributed by atoms with Gasteiger partial charge in [-0.15, -0.1) is 0 Å². The Labute approximate surface area is 187 Å². The lowest BCUT2D eigenvalue weighted by atomic mass is 9.94. The summed E-state index contributed by atoms with van der Waals surface area (Å²) in [5, 5.41) is 11.6. The van der Waals surface area contributed by atoms with Crippen LogP contribution in [0.1, 0.15) is 22.7 Å². The second-order valence-electron chi connectivity index (χ2n) is 7.07. The lowest BCUT2D eigenvalue weighted by Crippen LogP contribution is -2.29. The van der Waals surface area contributed by atoms with Crippen molar-refractivity contribution in [3.8, 4) is 0 Å². The molecule has 150 valence electrons. The quantitative estimate of drug-likeness (QED) is 0.281. The Morgan fingerprint density at radius 3 is 2.30 bits per heavy atom. The van der Waals surface area contributed by atoms with Gasteiger partial charge in [0.2, 0.25) is 0 Å². The molecule has 3 aromatic rings. The van der Waals surface area contributed by atoms with Gasteiger partial charge in [0.15, 0.2) is 0 Å². The number of rotatable bonds is 3. The molecule has 0 bridgehead atoms. The molecule has 1 aliphatic heterocycles. The van der Waals surface area contributed by atoms with Gasteiger partial charge in [0.1, 0.15) is 5.76 Å². The van der Waals surface area contributed by atoms with Gasteiger partial charge in [0.05, 0.1) is 11.6 Å². The Morgan fingerprint density at radius 1 is 1.00 bits per heavy atom. The maximum absolute atomic E-state index is 13.1. The zero-order valence-corrected chi connectivity index (χ0v) is 18.3. The van der Waals surface area contributed by atoms with Crippen LogP contribution in [-0.2, 0) is 9.59 Å². The van der Waals surface area contributed by atoms with E-state index < -0.39 is 17.7 Å². The lowest BCUT2D eigenvalue weighted by Gasteiger charge is -2.25. The summed E-state index contributed by atoms with van der Waals surface area (Å²) in [5.41, 5.74) is 2.77. The van der Waals surface area contributed by atoms with Crippen LogP contribution in [0.15, 0.2) is 82.8 Å². The molecule has 4 rings (SSSR count). The van der Waals surface area contributed by atoms with Crippen molar-refractivity contribution in [3.05, 3.63) is 105 Å². The van der Waals surface area contributed by atoms with E-state index in [9.17, 15) is 14.7 Å². The highest BCUT2D eigenvalue weighted by Crippen LogP contribution is 2.42. The molecule has 0 aliphatic carbocycles. The molecule has 1 fully saturated rings. The first-order chi connectivity index (χ1) is 14.4. The van der Waals surface area contributed by atoms with Gasteiger partial charge in [-0.25, -0.2) is 0 Å². The third-order valence-electron chi connectivity index (χ3n) is 5.02. The van der Waals surface area contributed by atoms with Crippen LogP contribution >= 0.6 is 27.5 Å². The van der Waals surface area contributed by atoms with Gasteiger partial charge in [0.25, 0.3) is 11.7 Å². The number of aryl methyl sites for hydroxylation is 1. The number of benzene rings is 3. The lowest BCUT2D eigenvalue weighted by molar-refractivity contribution is -0.132. The highest BCUT2D eigenvalue weighted by molar-refractivity contribution is 9.10. The number of Topliss-reactive ketones (excluding diaryl/α,β-unsaturated/α-hetero) is 1. The largest absolute Gasteiger partial charge is 0.507 e.